The lowest BCUT2D eigenvalue weighted by molar-refractivity contribution is 0.418. The number of thiazole rings is 1. The summed E-state index contributed by atoms with van der Waals surface area (Å²) in [4.78, 5) is 5.93. The molecule has 1 fully saturated rings. The molecule has 1 saturated carbocycles. The summed E-state index contributed by atoms with van der Waals surface area (Å²) in [6.45, 7) is 4.40. The summed E-state index contributed by atoms with van der Waals surface area (Å²) in [7, 11) is 0. The summed E-state index contributed by atoms with van der Waals surface area (Å²) >= 11 is 1.91. The lowest BCUT2D eigenvalue weighted by Crippen LogP contribution is -2.13. The third kappa shape index (κ3) is 3.29. The van der Waals surface area contributed by atoms with Gasteiger partial charge in [-0.15, -0.1) is 11.3 Å². The van der Waals surface area contributed by atoms with E-state index >= 15 is 0 Å². The average Bonchev–Trinajstić information content (AvgIpc) is 2.64. The number of unbranched alkanes of at least 4 members (excludes halogenated alkanes) is 2. The molecule has 1 aliphatic rings. The molecular weight excluding hydrogens is 216 g/mol. The van der Waals surface area contributed by atoms with Crippen LogP contribution in [0, 0.1) is 0 Å². The zero-order chi connectivity index (χ0) is 11.2. The van der Waals surface area contributed by atoms with Crippen LogP contribution in [0.25, 0.3) is 0 Å². The van der Waals surface area contributed by atoms with E-state index in [0.717, 1.165) is 19.0 Å². The number of hydrogen-bond acceptors (Lipinski definition) is 3. The first-order valence-corrected chi connectivity index (χ1v) is 7.37. The van der Waals surface area contributed by atoms with Gasteiger partial charge < -0.3 is 5.32 Å². The smallest absolute Gasteiger partial charge is 0.0959 e. The molecule has 0 atom stereocenters. The minimum Gasteiger partial charge on any atom is -0.312 e. The molecule has 0 aliphatic heterocycles. The van der Waals surface area contributed by atoms with Crippen LogP contribution < -0.4 is 5.32 Å². The molecule has 0 spiro atoms. The van der Waals surface area contributed by atoms with Gasteiger partial charge in [0.2, 0.25) is 0 Å². The summed E-state index contributed by atoms with van der Waals surface area (Å²) in [5.74, 6) is 0.791. The van der Waals surface area contributed by atoms with Gasteiger partial charge in [0, 0.05) is 23.5 Å². The molecular formula is C13H22N2S. The van der Waals surface area contributed by atoms with Gasteiger partial charge in [-0.25, -0.2) is 4.98 Å². The minimum absolute atomic E-state index is 0.791. The van der Waals surface area contributed by atoms with Crippen LogP contribution in [-0.2, 0) is 6.54 Å². The Kier molecular flexibility index (Phi) is 4.79. The highest BCUT2D eigenvalue weighted by atomic mass is 32.1. The van der Waals surface area contributed by atoms with Crippen molar-refractivity contribution in [3.63, 3.8) is 0 Å². The number of aromatic nitrogens is 1. The monoisotopic (exact) mass is 238 g/mol. The Morgan fingerprint density at radius 2 is 2.31 bits per heavy atom. The Bertz CT molecular complexity index is 305. The maximum Gasteiger partial charge on any atom is 0.0959 e. The lowest BCUT2D eigenvalue weighted by atomic mass is 9.86. The van der Waals surface area contributed by atoms with Gasteiger partial charge in [-0.3, -0.25) is 0 Å². The zero-order valence-corrected chi connectivity index (χ0v) is 11.0. The van der Waals surface area contributed by atoms with Crippen molar-refractivity contribution in [1.29, 1.82) is 0 Å². The molecule has 16 heavy (non-hydrogen) atoms. The molecule has 0 bridgehead atoms. The van der Waals surface area contributed by atoms with Crippen LogP contribution in [0.4, 0.5) is 0 Å². The number of hydrogen-bond donors (Lipinski definition) is 1. The Hall–Kier alpha value is -0.410. The molecule has 90 valence electrons. The van der Waals surface area contributed by atoms with E-state index in [9.17, 15) is 0 Å². The van der Waals surface area contributed by atoms with Gasteiger partial charge in [0.05, 0.1) is 5.01 Å². The van der Waals surface area contributed by atoms with E-state index < -0.39 is 0 Å². The highest BCUT2D eigenvalue weighted by molar-refractivity contribution is 7.11. The van der Waals surface area contributed by atoms with E-state index in [-0.39, 0.29) is 0 Å². The predicted molar refractivity (Wildman–Crippen MR) is 69.9 cm³/mol. The molecule has 1 aromatic rings. The van der Waals surface area contributed by atoms with E-state index in [1.807, 2.05) is 11.3 Å². The first-order chi connectivity index (χ1) is 7.90. The fourth-order valence-corrected chi connectivity index (χ4v) is 3.02. The SMILES string of the molecule is CCCCCNCc1cnc(C2CCC2)s1. The summed E-state index contributed by atoms with van der Waals surface area (Å²) < 4.78 is 0. The second-order valence-corrected chi connectivity index (χ2v) is 5.82. The van der Waals surface area contributed by atoms with Crippen molar-refractivity contribution < 1.29 is 0 Å². The van der Waals surface area contributed by atoms with Crippen molar-refractivity contribution in [3.8, 4) is 0 Å². The molecule has 1 heterocycles. The molecule has 0 aromatic carbocycles. The Labute approximate surface area is 102 Å². The van der Waals surface area contributed by atoms with E-state index in [1.165, 1.54) is 48.4 Å². The van der Waals surface area contributed by atoms with Gasteiger partial charge in [0.1, 0.15) is 0 Å². The fourth-order valence-electron chi connectivity index (χ4n) is 1.96. The van der Waals surface area contributed by atoms with Gasteiger partial charge in [-0.2, -0.15) is 0 Å². The molecule has 1 N–H and O–H groups in total. The molecule has 0 amide bonds. The molecule has 0 unspecified atom stereocenters. The van der Waals surface area contributed by atoms with Crippen LogP contribution in [0.3, 0.4) is 0 Å². The predicted octanol–water partition coefficient (Wildman–Crippen LogP) is 3.69. The van der Waals surface area contributed by atoms with Gasteiger partial charge in [0.15, 0.2) is 0 Å². The highest BCUT2D eigenvalue weighted by Gasteiger charge is 2.22. The molecule has 0 radical (unpaired) electrons. The summed E-state index contributed by atoms with van der Waals surface area (Å²) in [5, 5.41) is 4.87. The Morgan fingerprint density at radius 3 is 3.00 bits per heavy atom. The number of rotatable bonds is 7. The number of nitrogens with zero attached hydrogens (tertiary/aromatic N) is 1. The molecule has 2 rings (SSSR count). The van der Waals surface area contributed by atoms with Gasteiger partial charge in [0.25, 0.3) is 0 Å². The first-order valence-electron chi connectivity index (χ1n) is 6.55. The summed E-state index contributed by atoms with van der Waals surface area (Å²) in [6, 6.07) is 0. The van der Waals surface area contributed by atoms with Gasteiger partial charge >= 0.3 is 0 Å². The first kappa shape index (κ1) is 12.1. The van der Waals surface area contributed by atoms with Crippen molar-refractivity contribution >= 4 is 11.3 Å². The van der Waals surface area contributed by atoms with Crippen LogP contribution in [-0.4, -0.2) is 11.5 Å². The molecule has 3 heteroatoms. The van der Waals surface area contributed by atoms with Crippen LogP contribution in [0.5, 0.6) is 0 Å². The molecule has 2 nitrogen and oxygen atoms in total. The van der Waals surface area contributed by atoms with Gasteiger partial charge in [-0.1, -0.05) is 26.2 Å². The maximum absolute atomic E-state index is 4.53. The second-order valence-electron chi connectivity index (χ2n) is 4.68. The minimum atomic E-state index is 0.791. The van der Waals surface area contributed by atoms with Crippen molar-refractivity contribution in [1.82, 2.24) is 10.3 Å². The fraction of sp³-hybridized carbons (Fsp3) is 0.769. The van der Waals surface area contributed by atoms with Crippen molar-refractivity contribution in [2.24, 2.45) is 0 Å². The van der Waals surface area contributed by atoms with Crippen molar-refractivity contribution in [2.75, 3.05) is 6.54 Å². The van der Waals surface area contributed by atoms with Crippen LogP contribution >= 0.6 is 11.3 Å². The average molecular weight is 238 g/mol. The molecule has 1 aliphatic carbocycles. The van der Waals surface area contributed by atoms with Crippen LogP contribution in [0.1, 0.15) is 61.3 Å². The van der Waals surface area contributed by atoms with Crippen LogP contribution in [0.15, 0.2) is 6.20 Å². The molecule has 1 aromatic heterocycles. The topological polar surface area (TPSA) is 24.9 Å². The van der Waals surface area contributed by atoms with Crippen molar-refractivity contribution in [2.45, 2.75) is 57.9 Å². The van der Waals surface area contributed by atoms with E-state index in [0.29, 0.717) is 0 Å². The van der Waals surface area contributed by atoms with E-state index in [4.69, 9.17) is 0 Å². The zero-order valence-electron chi connectivity index (χ0n) is 10.2. The Balaban J connectivity index is 1.66. The Morgan fingerprint density at radius 1 is 1.44 bits per heavy atom. The van der Waals surface area contributed by atoms with Crippen LogP contribution in [0.2, 0.25) is 0 Å². The third-order valence-corrected chi connectivity index (χ3v) is 4.44. The highest BCUT2D eigenvalue weighted by Crippen LogP contribution is 2.38. The number of nitrogens with one attached hydrogen (secondary N) is 1. The summed E-state index contributed by atoms with van der Waals surface area (Å²) in [6.07, 6.45) is 10.1. The third-order valence-electron chi connectivity index (χ3n) is 3.28. The maximum atomic E-state index is 4.53. The molecule has 0 saturated heterocycles. The second kappa shape index (κ2) is 6.36. The summed E-state index contributed by atoms with van der Waals surface area (Å²) in [5.41, 5.74) is 0. The lowest BCUT2D eigenvalue weighted by Gasteiger charge is -2.22. The van der Waals surface area contributed by atoms with Crippen molar-refractivity contribution in [3.05, 3.63) is 16.1 Å². The quantitative estimate of drug-likeness (QED) is 0.733. The largest absolute Gasteiger partial charge is 0.312 e. The van der Waals surface area contributed by atoms with E-state index in [1.54, 1.807) is 0 Å². The standard InChI is InChI=1S/C13H22N2S/c1-2-3-4-8-14-9-12-10-15-13(16-12)11-6-5-7-11/h10-11,14H,2-9H2,1H3. The normalized spacial score (nSPS) is 16.3. The van der Waals surface area contributed by atoms with Gasteiger partial charge in [-0.05, 0) is 25.8 Å². The van der Waals surface area contributed by atoms with E-state index in [2.05, 4.69) is 23.4 Å².